The summed E-state index contributed by atoms with van der Waals surface area (Å²) in [4.78, 5) is 2.13. The van der Waals surface area contributed by atoms with Crippen molar-refractivity contribution in [1.82, 2.24) is 0 Å². The summed E-state index contributed by atoms with van der Waals surface area (Å²) >= 11 is 0. The average Bonchev–Trinajstić information content (AvgIpc) is 2.64. The Balaban J connectivity index is 2.41. The molecule has 0 radical (unpaired) electrons. The molecule has 0 aromatic heterocycles. The summed E-state index contributed by atoms with van der Waals surface area (Å²) in [5.41, 5.74) is 6.45. The van der Waals surface area contributed by atoms with Crippen LogP contribution in [0.1, 0.15) is 6.42 Å². The Morgan fingerprint density at radius 3 is 2.56 bits per heavy atom. The van der Waals surface area contributed by atoms with E-state index in [0.29, 0.717) is 12.2 Å². The van der Waals surface area contributed by atoms with Gasteiger partial charge in [0.15, 0.2) is 0 Å². The lowest BCUT2D eigenvalue weighted by Gasteiger charge is -2.20. The summed E-state index contributed by atoms with van der Waals surface area (Å²) < 4.78 is 22.8. The predicted octanol–water partition coefficient (Wildman–Crippen LogP) is -0.129. The maximum Gasteiger partial charge on any atom is 0.240 e. The summed E-state index contributed by atoms with van der Waals surface area (Å²) in [6, 6.07) is 6.85. The Hall–Kier alpha value is -1.11. The first-order chi connectivity index (χ1) is 7.48. The van der Waals surface area contributed by atoms with E-state index in [2.05, 4.69) is 0 Å². The number of rotatable bonds is 2. The Labute approximate surface area is 95.1 Å². The number of hydrogen-bond donors (Lipinski definition) is 2. The van der Waals surface area contributed by atoms with E-state index in [9.17, 15) is 8.42 Å². The molecule has 16 heavy (non-hydrogen) atoms. The van der Waals surface area contributed by atoms with Crippen LogP contribution in [0.3, 0.4) is 0 Å². The van der Waals surface area contributed by atoms with Crippen LogP contribution in [0.25, 0.3) is 0 Å². The van der Waals surface area contributed by atoms with Crippen LogP contribution in [-0.4, -0.2) is 27.5 Å². The van der Waals surface area contributed by atoms with Gasteiger partial charge in [0, 0.05) is 19.1 Å². The number of primary sulfonamides is 1. The minimum atomic E-state index is -3.67. The van der Waals surface area contributed by atoms with Gasteiger partial charge >= 0.3 is 0 Å². The number of benzene rings is 1. The lowest BCUT2D eigenvalue weighted by Crippen LogP contribution is -2.28. The third-order valence-corrected chi connectivity index (χ3v) is 3.70. The minimum absolute atomic E-state index is 0.105. The molecule has 0 bridgehead atoms. The van der Waals surface area contributed by atoms with Crippen molar-refractivity contribution >= 4 is 15.7 Å². The number of nitrogens with two attached hydrogens (primary N) is 2. The van der Waals surface area contributed by atoms with E-state index in [1.54, 1.807) is 18.2 Å². The van der Waals surface area contributed by atoms with Crippen molar-refractivity contribution in [3.63, 3.8) is 0 Å². The van der Waals surface area contributed by atoms with E-state index in [0.717, 1.165) is 13.0 Å². The van der Waals surface area contributed by atoms with Gasteiger partial charge in [0.25, 0.3) is 0 Å². The summed E-state index contributed by atoms with van der Waals surface area (Å²) in [6.45, 7) is 1.44. The second-order valence-corrected chi connectivity index (χ2v) is 5.54. The molecule has 1 unspecified atom stereocenters. The van der Waals surface area contributed by atoms with Crippen molar-refractivity contribution < 1.29 is 8.42 Å². The van der Waals surface area contributed by atoms with Gasteiger partial charge in [-0.05, 0) is 18.6 Å². The Kier molecular flexibility index (Phi) is 2.88. The van der Waals surface area contributed by atoms with E-state index < -0.39 is 10.0 Å². The zero-order valence-electron chi connectivity index (χ0n) is 8.83. The SMILES string of the molecule is NC1CCN(c2ccccc2S(N)(=O)=O)C1. The van der Waals surface area contributed by atoms with Gasteiger partial charge in [-0.25, -0.2) is 13.6 Å². The Morgan fingerprint density at radius 1 is 1.31 bits per heavy atom. The van der Waals surface area contributed by atoms with Gasteiger partial charge in [-0.15, -0.1) is 0 Å². The van der Waals surface area contributed by atoms with E-state index in [1.165, 1.54) is 6.07 Å². The van der Waals surface area contributed by atoms with Gasteiger partial charge < -0.3 is 10.6 Å². The standard InChI is InChI=1S/C10H15N3O2S/c11-8-5-6-13(7-8)9-3-1-2-4-10(9)16(12,14)15/h1-4,8H,5-7,11H2,(H2,12,14,15). The molecule has 1 saturated heterocycles. The fourth-order valence-electron chi connectivity index (χ4n) is 1.97. The second kappa shape index (κ2) is 4.04. The maximum atomic E-state index is 11.4. The van der Waals surface area contributed by atoms with Gasteiger partial charge in [-0.2, -0.15) is 0 Å². The van der Waals surface area contributed by atoms with Crippen LogP contribution >= 0.6 is 0 Å². The third kappa shape index (κ3) is 2.18. The molecule has 88 valence electrons. The fourth-order valence-corrected chi connectivity index (χ4v) is 2.72. The molecule has 0 saturated carbocycles. The molecule has 1 aliphatic heterocycles. The van der Waals surface area contributed by atoms with E-state index in [-0.39, 0.29) is 10.9 Å². The van der Waals surface area contributed by atoms with E-state index in [1.807, 2.05) is 4.90 Å². The van der Waals surface area contributed by atoms with E-state index >= 15 is 0 Å². The van der Waals surface area contributed by atoms with Gasteiger partial charge in [-0.3, -0.25) is 0 Å². The van der Waals surface area contributed by atoms with Crippen LogP contribution in [0, 0.1) is 0 Å². The van der Waals surface area contributed by atoms with Crippen molar-refractivity contribution in [1.29, 1.82) is 0 Å². The zero-order valence-corrected chi connectivity index (χ0v) is 9.65. The van der Waals surface area contributed by atoms with Crippen LogP contribution in [0.4, 0.5) is 5.69 Å². The molecule has 1 fully saturated rings. The van der Waals surface area contributed by atoms with Crippen LogP contribution in [0.2, 0.25) is 0 Å². The topological polar surface area (TPSA) is 89.4 Å². The van der Waals surface area contributed by atoms with E-state index in [4.69, 9.17) is 10.9 Å². The van der Waals surface area contributed by atoms with Crippen molar-refractivity contribution in [2.45, 2.75) is 17.4 Å². The maximum absolute atomic E-state index is 11.4. The molecule has 1 aromatic rings. The van der Waals surface area contributed by atoms with Crippen LogP contribution in [0.5, 0.6) is 0 Å². The lowest BCUT2D eigenvalue weighted by molar-refractivity contribution is 0.597. The van der Waals surface area contributed by atoms with Crippen LogP contribution < -0.4 is 15.8 Å². The minimum Gasteiger partial charge on any atom is -0.369 e. The molecule has 4 N–H and O–H groups in total. The molecule has 5 nitrogen and oxygen atoms in total. The Bertz CT molecular complexity index is 487. The third-order valence-electron chi connectivity index (χ3n) is 2.74. The van der Waals surface area contributed by atoms with Crippen molar-refractivity contribution in [3.8, 4) is 0 Å². The molecule has 1 heterocycles. The highest BCUT2D eigenvalue weighted by atomic mass is 32.2. The highest BCUT2D eigenvalue weighted by molar-refractivity contribution is 7.89. The normalized spacial score (nSPS) is 21.4. The van der Waals surface area contributed by atoms with Gasteiger partial charge in [0.2, 0.25) is 10.0 Å². The predicted molar refractivity (Wildman–Crippen MR) is 62.6 cm³/mol. The first-order valence-electron chi connectivity index (χ1n) is 5.11. The molecule has 1 atom stereocenters. The summed E-state index contributed by atoms with van der Waals surface area (Å²) in [5, 5.41) is 5.17. The second-order valence-electron chi connectivity index (χ2n) is 4.01. The highest BCUT2D eigenvalue weighted by Crippen LogP contribution is 2.26. The molecular formula is C10H15N3O2S. The van der Waals surface area contributed by atoms with Crippen molar-refractivity contribution in [2.24, 2.45) is 10.9 Å². The molecule has 2 rings (SSSR count). The number of sulfonamides is 1. The molecule has 6 heteroatoms. The monoisotopic (exact) mass is 241 g/mol. The average molecular weight is 241 g/mol. The first-order valence-corrected chi connectivity index (χ1v) is 6.65. The fraction of sp³-hybridized carbons (Fsp3) is 0.400. The molecular weight excluding hydrogens is 226 g/mol. The molecule has 1 aromatic carbocycles. The molecule has 0 amide bonds. The highest BCUT2D eigenvalue weighted by Gasteiger charge is 2.24. The number of para-hydroxylation sites is 1. The molecule has 1 aliphatic rings. The summed E-state index contributed by atoms with van der Waals surface area (Å²) in [7, 11) is -3.67. The van der Waals surface area contributed by atoms with Gasteiger partial charge in [-0.1, -0.05) is 12.1 Å². The van der Waals surface area contributed by atoms with Crippen LogP contribution in [-0.2, 0) is 10.0 Å². The molecule has 0 spiro atoms. The first kappa shape index (κ1) is 11.4. The largest absolute Gasteiger partial charge is 0.369 e. The van der Waals surface area contributed by atoms with Crippen molar-refractivity contribution in [3.05, 3.63) is 24.3 Å². The zero-order chi connectivity index (χ0) is 11.8. The molecule has 0 aliphatic carbocycles. The summed E-state index contributed by atoms with van der Waals surface area (Å²) in [6.07, 6.45) is 0.874. The Morgan fingerprint density at radius 2 is 2.00 bits per heavy atom. The van der Waals surface area contributed by atoms with Gasteiger partial charge in [0.1, 0.15) is 4.90 Å². The number of nitrogens with zero attached hydrogens (tertiary/aromatic N) is 1. The smallest absolute Gasteiger partial charge is 0.240 e. The van der Waals surface area contributed by atoms with Crippen LogP contribution in [0.15, 0.2) is 29.2 Å². The van der Waals surface area contributed by atoms with Gasteiger partial charge in [0.05, 0.1) is 5.69 Å². The number of anilines is 1. The summed E-state index contributed by atoms with van der Waals surface area (Å²) in [5.74, 6) is 0. The number of hydrogen-bond acceptors (Lipinski definition) is 4. The lowest BCUT2D eigenvalue weighted by atomic mass is 10.3. The van der Waals surface area contributed by atoms with Crippen molar-refractivity contribution in [2.75, 3.05) is 18.0 Å². The quantitative estimate of drug-likeness (QED) is 0.755.